The summed E-state index contributed by atoms with van der Waals surface area (Å²) in [6.07, 6.45) is 0.946. The van der Waals surface area contributed by atoms with E-state index in [0.29, 0.717) is 29.8 Å². The number of carbonyl (C=O) groups is 4. The molecule has 4 amide bonds. The van der Waals surface area contributed by atoms with E-state index in [9.17, 15) is 19.2 Å². The van der Waals surface area contributed by atoms with Crippen molar-refractivity contribution < 1.29 is 28.7 Å². The van der Waals surface area contributed by atoms with Crippen molar-refractivity contribution in [2.75, 3.05) is 12.4 Å². The van der Waals surface area contributed by atoms with Crippen LogP contribution in [0.2, 0.25) is 0 Å². The molecule has 0 aromatic heterocycles. The second-order valence-electron chi connectivity index (χ2n) is 10.7. The molecule has 4 N–H and O–H groups in total. The fraction of sp³-hybridized carbons (Fsp3) is 0.448. The van der Waals surface area contributed by atoms with Crippen LogP contribution in [0.4, 0.5) is 10.5 Å². The van der Waals surface area contributed by atoms with Gasteiger partial charge in [-0.05, 0) is 76.8 Å². The highest BCUT2D eigenvalue weighted by atomic mass is 16.6. The van der Waals surface area contributed by atoms with Crippen molar-refractivity contribution in [3.05, 3.63) is 59.7 Å². The largest absolute Gasteiger partial charge is 0.497 e. The summed E-state index contributed by atoms with van der Waals surface area (Å²) < 4.78 is 10.5. The monoisotopic (exact) mass is 538 g/mol. The van der Waals surface area contributed by atoms with Crippen molar-refractivity contribution in [3.8, 4) is 5.75 Å². The predicted molar refractivity (Wildman–Crippen MR) is 147 cm³/mol. The number of nitrogens with one attached hydrogen (secondary N) is 2. The molecular formula is C29H38N4O6. The van der Waals surface area contributed by atoms with Gasteiger partial charge in [0.2, 0.25) is 11.8 Å². The normalized spacial score (nSPS) is 14.8. The van der Waals surface area contributed by atoms with Crippen molar-refractivity contribution in [2.24, 2.45) is 5.73 Å². The topological polar surface area (TPSA) is 140 Å². The Morgan fingerprint density at radius 2 is 1.64 bits per heavy atom. The molecule has 2 aromatic rings. The van der Waals surface area contributed by atoms with Gasteiger partial charge >= 0.3 is 6.09 Å². The lowest BCUT2D eigenvalue weighted by Crippen LogP contribution is -2.57. The fourth-order valence-corrected chi connectivity index (χ4v) is 4.29. The van der Waals surface area contributed by atoms with Crippen LogP contribution in [0.25, 0.3) is 0 Å². The minimum Gasteiger partial charge on any atom is -0.497 e. The summed E-state index contributed by atoms with van der Waals surface area (Å²) in [6, 6.07) is 11.6. The molecule has 210 valence electrons. The van der Waals surface area contributed by atoms with E-state index in [0.717, 1.165) is 12.0 Å². The molecule has 1 aliphatic carbocycles. The van der Waals surface area contributed by atoms with Crippen LogP contribution in [0.1, 0.15) is 63.6 Å². The number of aryl methyl sites for hydroxylation is 1. The third-order valence-corrected chi connectivity index (χ3v) is 6.39. The summed E-state index contributed by atoms with van der Waals surface area (Å²) in [6.45, 7) is 7.00. The zero-order valence-electron chi connectivity index (χ0n) is 23.2. The van der Waals surface area contributed by atoms with Crippen molar-refractivity contribution in [1.29, 1.82) is 0 Å². The second-order valence-corrected chi connectivity index (χ2v) is 10.7. The third-order valence-electron chi connectivity index (χ3n) is 6.39. The molecule has 2 atom stereocenters. The van der Waals surface area contributed by atoms with Gasteiger partial charge in [0.25, 0.3) is 5.91 Å². The number of ether oxygens (including phenoxy) is 2. The van der Waals surface area contributed by atoms with Gasteiger partial charge in [0, 0.05) is 11.7 Å². The Morgan fingerprint density at radius 3 is 2.13 bits per heavy atom. The number of amides is 4. The van der Waals surface area contributed by atoms with Gasteiger partial charge in [-0.3, -0.25) is 14.4 Å². The molecule has 3 rings (SSSR count). The molecule has 1 aliphatic rings. The zero-order valence-corrected chi connectivity index (χ0v) is 23.2. The van der Waals surface area contributed by atoms with Gasteiger partial charge in [0.15, 0.2) is 0 Å². The van der Waals surface area contributed by atoms with Gasteiger partial charge in [-0.15, -0.1) is 0 Å². The van der Waals surface area contributed by atoms with Crippen LogP contribution in [0.15, 0.2) is 48.5 Å². The van der Waals surface area contributed by atoms with Gasteiger partial charge in [-0.2, -0.15) is 0 Å². The molecule has 1 saturated carbocycles. The maximum absolute atomic E-state index is 14.1. The van der Waals surface area contributed by atoms with Gasteiger partial charge in [-0.25, -0.2) is 4.79 Å². The number of hydrogen-bond acceptors (Lipinski definition) is 6. The number of carbonyl (C=O) groups excluding carboxylic acids is 4. The molecule has 2 unspecified atom stereocenters. The third kappa shape index (κ3) is 8.20. The van der Waals surface area contributed by atoms with Crippen LogP contribution in [0.3, 0.4) is 0 Å². The van der Waals surface area contributed by atoms with Crippen LogP contribution in [-0.4, -0.2) is 53.5 Å². The average molecular weight is 539 g/mol. The number of nitrogens with zero attached hydrogens (tertiary/aromatic N) is 1. The van der Waals surface area contributed by atoms with E-state index in [-0.39, 0.29) is 6.04 Å². The molecule has 39 heavy (non-hydrogen) atoms. The Kier molecular flexibility index (Phi) is 9.56. The van der Waals surface area contributed by atoms with E-state index < -0.39 is 47.9 Å². The first kappa shape index (κ1) is 29.5. The highest BCUT2D eigenvalue weighted by Gasteiger charge is 2.42. The Bertz CT molecular complexity index is 1170. The molecular weight excluding hydrogens is 500 g/mol. The Morgan fingerprint density at radius 1 is 1.03 bits per heavy atom. The Balaban J connectivity index is 2.00. The first-order chi connectivity index (χ1) is 18.4. The van der Waals surface area contributed by atoms with Crippen molar-refractivity contribution in [3.63, 3.8) is 0 Å². The number of hydrogen-bond donors (Lipinski definition) is 3. The minimum absolute atomic E-state index is 0.263. The SMILES string of the molecule is COc1ccc(NC(=O)C(c2ccc(C)cc2)N(C(=O)C(CC(N)=O)NC(=O)OC(C)(C)C)C2CCC2)cc1. The Labute approximate surface area is 229 Å². The van der Waals surface area contributed by atoms with Crippen LogP contribution in [0.5, 0.6) is 5.75 Å². The van der Waals surface area contributed by atoms with E-state index in [1.54, 1.807) is 64.3 Å². The van der Waals surface area contributed by atoms with E-state index in [4.69, 9.17) is 15.2 Å². The van der Waals surface area contributed by atoms with Crippen LogP contribution >= 0.6 is 0 Å². The lowest BCUT2D eigenvalue weighted by atomic mass is 9.87. The van der Waals surface area contributed by atoms with E-state index in [1.807, 2.05) is 19.1 Å². The maximum atomic E-state index is 14.1. The van der Waals surface area contributed by atoms with Crippen molar-refractivity contribution >= 4 is 29.5 Å². The van der Waals surface area contributed by atoms with Gasteiger partial charge in [0.1, 0.15) is 23.4 Å². The maximum Gasteiger partial charge on any atom is 0.408 e. The average Bonchev–Trinajstić information content (AvgIpc) is 2.81. The predicted octanol–water partition coefficient (Wildman–Crippen LogP) is 3.83. The van der Waals surface area contributed by atoms with Crippen LogP contribution in [-0.2, 0) is 19.1 Å². The van der Waals surface area contributed by atoms with Crippen molar-refractivity contribution in [1.82, 2.24) is 10.2 Å². The molecule has 0 aliphatic heterocycles. The highest BCUT2D eigenvalue weighted by molar-refractivity contribution is 6.00. The minimum atomic E-state index is -1.31. The first-order valence-electron chi connectivity index (χ1n) is 13.0. The van der Waals surface area contributed by atoms with E-state index in [1.165, 1.54) is 4.90 Å². The standard InChI is InChI=1S/C29H38N4O6/c1-18-9-11-19(12-10-18)25(26(35)31-20-13-15-22(38-5)16-14-20)33(21-7-6-8-21)27(36)23(17-24(30)34)32-28(37)39-29(2,3)4/h9-16,21,23,25H,6-8,17H2,1-5H3,(H2,30,34)(H,31,35)(H,32,37). The lowest BCUT2D eigenvalue weighted by Gasteiger charge is -2.43. The lowest BCUT2D eigenvalue weighted by molar-refractivity contribution is -0.146. The summed E-state index contributed by atoms with van der Waals surface area (Å²) in [5.74, 6) is -1.15. The number of benzene rings is 2. The molecule has 0 bridgehead atoms. The molecule has 0 radical (unpaired) electrons. The second kappa shape index (κ2) is 12.6. The summed E-state index contributed by atoms with van der Waals surface area (Å²) in [4.78, 5) is 54.0. The first-order valence-corrected chi connectivity index (χ1v) is 13.0. The quantitative estimate of drug-likeness (QED) is 0.420. The molecule has 1 fully saturated rings. The van der Waals surface area contributed by atoms with E-state index >= 15 is 0 Å². The van der Waals surface area contributed by atoms with Crippen LogP contribution < -0.4 is 21.1 Å². The summed E-state index contributed by atoms with van der Waals surface area (Å²) in [5.41, 5.74) is 6.76. The van der Waals surface area contributed by atoms with Crippen molar-refractivity contribution in [2.45, 2.75) is 77.1 Å². The Hall–Kier alpha value is -4.08. The van der Waals surface area contributed by atoms with Gasteiger partial charge < -0.3 is 30.7 Å². The number of nitrogens with two attached hydrogens (primary N) is 1. The molecule has 10 nitrogen and oxygen atoms in total. The molecule has 0 heterocycles. The molecule has 0 saturated heterocycles. The number of rotatable bonds is 10. The molecule has 2 aromatic carbocycles. The number of primary amides is 1. The summed E-state index contributed by atoms with van der Waals surface area (Å²) in [5, 5.41) is 5.41. The smallest absolute Gasteiger partial charge is 0.408 e. The zero-order chi connectivity index (χ0) is 28.7. The fourth-order valence-electron chi connectivity index (χ4n) is 4.29. The number of anilines is 1. The molecule has 10 heteroatoms. The number of methoxy groups -OCH3 is 1. The molecule has 0 spiro atoms. The van der Waals surface area contributed by atoms with Crippen LogP contribution in [0, 0.1) is 6.92 Å². The van der Waals surface area contributed by atoms with Gasteiger partial charge in [-0.1, -0.05) is 29.8 Å². The number of alkyl carbamates (subject to hydrolysis) is 1. The van der Waals surface area contributed by atoms with Gasteiger partial charge in [0.05, 0.1) is 13.5 Å². The summed E-state index contributed by atoms with van der Waals surface area (Å²) >= 11 is 0. The van der Waals surface area contributed by atoms with E-state index in [2.05, 4.69) is 10.6 Å². The summed E-state index contributed by atoms with van der Waals surface area (Å²) in [7, 11) is 1.55. The highest BCUT2D eigenvalue weighted by Crippen LogP contribution is 2.35.